The summed E-state index contributed by atoms with van der Waals surface area (Å²) in [6.07, 6.45) is 2.42. The second kappa shape index (κ2) is 7.99. The third kappa shape index (κ3) is 3.70. The predicted molar refractivity (Wildman–Crippen MR) is 114 cm³/mol. The van der Waals surface area contributed by atoms with Crippen LogP contribution in [0.2, 0.25) is 0 Å². The average molecular weight is 390 g/mol. The summed E-state index contributed by atoms with van der Waals surface area (Å²) in [5.74, 6) is 0.303. The van der Waals surface area contributed by atoms with Crippen molar-refractivity contribution in [3.63, 3.8) is 0 Å². The Kier molecular flexibility index (Phi) is 5.25. The molecule has 0 aliphatic carbocycles. The molecule has 1 aliphatic rings. The van der Waals surface area contributed by atoms with Gasteiger partial charge in [-0.1, -0.05) is 36.8 Å². The lowest BCUT2D eigenvalue weighted by molar-refractivity contribution is 0.0745. The molecule has 1 aliphatic heterocycles. The number of benzene rings is 2. The van der Waals surface area contributed by atoms with E-state index in [1.165, 1.54) is 5.56 Å². The van der Waals surface area contributed by atoms with Crippen molar-refractivity contribution in [2.24, 2.45) is 0 Å². The number of carbonyl (C=O) groups is 1. The van der Waals surface area contributed by atoms with E-state index in [0.29, 0.717) is 31.7 Å². The molecule has 1 saturated heterocycles. The number of aromatic hydroxyl groups is 1. The molecule has 0 bridgehead atoms. The summed E-state index contributed by atoms with van der Waals surface area (Å²) in [5, 5.41) is 14.6. The van der Waals surface area contributed by atoms with Crippen molar-refractivity contribution in [2.45, 2.75) is 20.3 Å². The lowest BCUT2D eigenvalue weighted by atomic mass is 10.1. The summed E-state index contributed by atoms with van der Waals surface area (Å²) < 4.78 is 1.87. The van der Waals surface area contributed by atoms with Gasteiger partial charge in [0.05, 0.1) is 28.8 Å². The number of piperazine rings is 1. The maximum atomic E-state index is 13.2. The number of carbonyl (C=O) groups excluding carboxylic acids is 1. The first-order valence-electron chi connectivity index (χ1n) is 10.0. The van der Waals surface area contributed by atoms with Crippen LogP contribution in [0.5, 0.6) is 5.75 Å². The molecule has 150 valence electrons. The van der Waals surface area contributed by atoms with Crippen LogP contribution >= 0.6 is 0 Å². The monoisotopic (exact) mass is 390 g/mol. The highest BCUT2D eigenvalue weighted by Crippen LogP contribution is 2.27. The van der Waals surface area contributed by atoms with E-state index in [0.717, 1.165) is 23.5 Å². The van der Waals surface area contributed by atoms with Crippen LogP contribution in [0.25, 0.3) is 5.69 Å². The molecule has 6 heteroatoms. The molecule has 0 saturated carbocycles. The van der Waals surface area contributed by atoms with E-state index >= 15 is 0 Å². The lowest BCUT2D eigenvalue weighted by Crippen LogP contribution is -2.49. The molecule has 1 amide bonds. The zero-order chi connectivity index (χ0) is 20.4. The van der Waals surface area contributed by atoms with E-state index in [1.807, 2.05) is 39.9 Å². The van der Waals surface area contributed by atoms with Crippen molar-refractivity contribution >= 4 is 11.6 Å². The molecule has 2 heterocycles. The van der Waals surface area contributed by atoms with Gasteiger partial charge in [0.15, 0.2) is 0 Å². The van der Waals surface area contributed by atoms with Crippen LogP contribution in [0.4, 0.5) is 5.69 Å². The molecule has 4 rings (SSSR count). The number of phenolic OH excluding ortho intramolecular Hbond substituents is 1. The Bertz CT molecular complexity index is 1000. The summed E-state index contributed by atoms with van der Waals surface area (Å²) in [6.45, 7) is 6.72. The van der Waals surface area contributed by atoms with E-state index in [-0.39, 0.29) is 11.7 Å². The van der Waals surface area contributed by atoms with Crippen molar-refractivity contribution in [3.8, 4) is 11.4 Å². The van der Waals surface area contributed by atoms with E-state index in [2.05, 4.69) is 36.0 Å². The maximum absolute atomic E-state index is 13.2. The first-order chi connectivity index (χ1) is 14.1. The van der Waals surface area contributed by atoms with E-state index in [9.17, 15) is 9.90 Å². The number of amides is 1. The third-order valence-corrected chi connectivity index (χ3v) is 5.50. The number of aromatic nitrogens is 2. The number of aryl methyl sites for hydroxylation is 1. The van der Waals surface area contributed by atoms with Gasteiger partial charge >= 0.3 is 0 Å². The van der Waals surface area contributed by atoms with E-state index in [1.54, 1.807) is 12.3 Å². The Labute approximate surface area is 171 Å². The van der Waals surface area contributed by atoms with E-state index < -0.39 is 0 Å². The molecule has 0 atom stereocenters. The second-order valence-electron chi connectivity index (χ2n) is 7.37. The number of para-hydroxylation sites is 2. The second-order valence-corrected chi connectivity index (χ2v) is 7.37. The number of anilines is 1. The van der Waals surface area contributed by atoms with Gasteiger partial charge in [-0.3, -0.25) is 4.79 Å². The van der Waals surface area contributed by atoms with Gasteiger partial charge in [-0.15, -0.1) is 0 Å². The van der Waals surface area contributed by atoms with Gasteiger partial charge in [0.25, 0.3) is 5.91 Å². The minimum absolute atomic E-state index is 0.0251. The van der Waals surface area contributed by atoms with E-state index in [4.69, 9.17) is 0 Å². The highest BCUT2D eigenvalue weighted by molar-refractivity contribution is 5.95. The zero-order valence-corrected chi connectivity index (χ0v) is 16.9. The Morgan fingerprint density at radius 3 is 2.38 bits per heavy atom. The van der Waals surface area contributed by atoms with Gasteiger partial charge in [-0.2, -0.15) is 5.10 Å². The maximum Gasteiger partial charge on any atom is 0.257 e. The summed E-state index contributed by atoms with van der Waals surface area (Å²) in [4.78, 5) is 17.2. The normalized spacial score (nSPS) is 14.3. The van der Waals surface area contributed by atoms with Crippen LogP contribution in [0, 0.1) is 6.92 Å². The molecule has 1 aromatic heterocycles. The van der Waals surface area contributed by atoms with Gasteiger partial charge < -0.3 is 14.9 Å². The van der Waals surface area contributed by atoms with Crippen molar-refractivity contribution in [1.82, 2.24) is 14.7 Å². The molecular formula is C23H26N4O2. The topological polar surface area (TPSA) is 61.6 Å². The van der Waals surface area contributed by atoms with Crippen LogP contribution in [0.3, 0.4) is 0 Å². The van der Waals surface area contributed by atoms with Gasteiger partial charge in [0, 0.05) is 26.2 Å². The molecule has 3 aromatic rings. The SMILES string of the molecule is CCc1c(C(=O)N2CCN(c3ccccc3O)CC2)cnn1-c1ccc(C)cc1. The molecule has 6 nitrogen and oxygen atoms in total. The third-order valence-electron chi connectivity index (χ3n) is 5.50. The Hall–Kier alpha value is -3.28. The lowest BCUT2D eigenvalue weighted by Gasteiger charge is -2.36. The smallest absolute Gasteiger partial charge is 0.257 e. The minimum atomic E-state index is 0.0251. The molecule has 0 unspecified atom stereocenters. The molecule has 29 heavy (non-hydrogen) atoms. The fourth-order valence-electron chi connectivity index (χ4n) is 3.85. The highest BCUT2D eigenvalue weighted by atomic mass is 16.3. The highest BCUT2D eigenvalue weighted by Gasteiger charge is 2.26. The zero-order valence-electron chi connectivity index (χ0n) is 16.9. The first kappa shape index (κ1) is 19.1. The number of phenols is 1. The van der Waals surface area contributed by atoms with Crippen LogP contribution in [-0.4, -0.2) is 51.9 Å². The van der Waals surface area contributed by atoms with Crippen LogP contribution in [0.1, 0.15) is 28.5 Å². The molecule has 1 fully saturated rings. The largest absolute Gasteiger partial charge is 0.506 e. The number of rotatable bonds is 4. The quantitative estimate of drug-likeness (QED) is 0.742. The van der Waals surface area contributed by atoms with Gasteiger partial charge in [-0.25, -0.2) is 4.68 Å². The Morgan fingerprint density at radius 2 is 1.72 bits per heavy atom. The predicted octanol–water partition coefficient (Wildman–Crippen LogP) is 3.41. The summed E-state index contributed by atoms with van der Waals surface area (Å²) in [7, 11) is 0. The standard InChI is InChI=1S/C23H26N4O2/c1-3-20-19(16-24-27(20)18-10-8-17(2)9-11-18)23(29)26-14-12-25(13-15-26)21-6-4-5-7-22(21)28/h4-11,16,28H,3,12-15H2,1-2H3. The molecule has 2 aromatic carbocycles. The van der Waals surface area contributed by atoms with Crippen molar-refractivity contribution in [1.29, 1.82) is 0 Å². The fourth-order valence-corrected chi connectivity index (χ4v) is 3.85. The van der Waals surface area contributed by atoms with Gasteiger partial charge in [-0.05, 0) is 37.6 Å². The van der Waals surface area contributed by atoms with Crippen LogP contribution in [-0.2, 0) is 6.42 Å². The number of hydrogen-bond donors (Lipinski definition) is 1. The van der Waals surface area contributed by atoms with Gasteiger partial charge in [0.1, 0.15) is 5.75 Å². The summed E-state index contributed by atoms with van der Waals surface area (Å²) in [6, 6.07) is 15.5. The molecular weight excluding hydrogens is 364 g/mol. The van der Waals surface area contributed by atoms with Crippen molar-refractivity contribution < 1.29 is 9.90 Å². The Balaban J connectivity index is 1.51. The fraction of sp³-hybridized carbons (Fsp3) is 0.304. The Morgan fingerprint density at radius 1 is 1.03 bits per heavy atom. The number of hydrogen-bond acceptors (Lipinski definition) is 4. The van der Waals surface area contributed by atoms with Crippen molar-refractivity contribution in [2.75, 3.05) is 31.1 Å². The van der Waals surface area contributed by atoms with Crippen LogP contribution in [0.15, 0.2) is 54.7 Å². The van der Waals surface area contributed by atoms with Crippen molar-refractivity contribution in [3.05, 3.63) is 71.5 Å². The summed E-state index contributed by atoms with van der Waals surface area (Å²) in [5.41, 5.74) is 4.58. The molecule has 0 radical (unpaired) electrons. The minimum Gasteiger partial charge on any atom is -0.506 e. The van der Waals surface area contributed by atoms with Gasteiger partial charge in [0.2, 0.25) is 0 Å². The first-order valence-corrected chi connectivity index (χ1v) is 10.0. The molecule has 1 N–H and O–H groups in total. The summed E-state index contributed by atoms with van der Waals surface area (Å²) >= 11 is 0. The average Bonchev–Trinajstić information content (AvgIpc) is 3.18. The number of nitrogens with zero attached hydrogens (tertiary/aromatic N) is 4. The molecule has 0 spiro atoms. The van der Waals surface area contributed by atoms with Crippen LogP contribution < -0.4 is 4.90 Å².